The lowest BCUT2D eigenvalue weighted by molar-refractivity contribution is 0.0943. The van der Waals surface area contributed by atoms with Gasteiger partial charge in [0.15, 0.2) is 0 Å². The van der Waals surface area contributed by atoms with Crippen LogP contribution in [-0.2, 0) is 13.0 Å². The molecule has 2 aromatic heterocycles. The Kier molecular flexibility index (Phi) is 6.44. The zero-order valence-corrected chi connectivity index (χ0v) is 17.2. The number of pyridine rings is 1. The lowest BCUT2D eigenvalue weighted by atomic mass is 9.94. The zero-order valence-electron chi connectivity index (χ0n) is 17.2. The van der Waals surface area contributed by atoms with Crippen molar-refractivity contribution in [2.75, 3.05) is 20.1 Å². The molecular weight excluding hydrogens is 366 g/mol. The molecule has 0 unspecified atom stereocenters. The van der Waals surface area contributed by atoms with Gasteiger partial charge in [-0.2, -0.15) is 5.10 Å². The highest BCUT2D eigenvalue weighted by Crippen LogP contribution is 2.22. The van der Waals surface area contributed by atoms with Gasteiger partial charge in [0.05, 0.1) is 12.7 Å². The number of nitrogens with one attached hydrogen (secondary N) is 1. The molecular formula is C22H31N5O2. The number of hydrogen-bond donors (Lipinski definition) is 1. The Morgan fingerprint density at radius 2 is 2.21 bits per heavy atom. The van der Waals surface area contributed by atoms with E-state index in [4.69, 9.17) is 4.74 Å². The van der Waals surface area contributed by atoms with Gasteiger partial charge in [-0.15, -0.1) is 0 Å². The summed E-state index contributed by atoms with van der Waals surface area (Å²) in [6.07, 6.45) is 11.9. The number of aromatic nitrogens is 3. The molecule has 1 aliphatic carbocycles. The van der Waals surface area contributed by atoms with Gasteiger partial charge in [-0.3, -0.25) is 14.5 Å². The van der Waals surface area contributed by atoms with E-state index in [1.54, 1.807) is 12.4 Å². The smallest absolute Gasteiger partial charge is 0.271 e. The van der Waals surface area contributed by atoms with Crippen LogP contribution in [0.25, 0.3) is 0 Å². The number of ether oxygens (including phenoxy) is 1. The van der Waals surface area contributed by atoms with E-state index < -0.39 is 0 Å². The molecule has 1 amide bonds. The van der Waals surface area contributed by atoms with E-state index in [1.807, 2.05) is 22.9 Å². The van der Waals surface area contributed by atoms with Crippen LogP contribution in [0.1, 0.15) is 54.7 Å². The van der Waals surface area contributed by atoms with Crippen molar-refractivity contribution >= 4 is 5.91 Å². The third-order valence-corrected chi connectivity index (χ3v) is 6.02. The van der Waals surface area contributed by atoms with E-state index in [1.165, 1.54) is 32.1 Å². The topological polar surface area (TPSA) is 72.3 Å². The molecule has 0 aromatic carbocycles. The fourth-order valence-electron chi connectivity index (χ4n) is 4.39. The minimum atomic E-state index is -0.0862. The van der Waals surface area contributed by atoms with E-state index in [0.717, 1.165) is 36.9 Å². The number of carbonyl (C=O) groups is 1. The van der Waals surface area contributed by atoms with Crippen LogP contribution in [0.2, 0.25) is 0 Å². The molecule has 0 spiro atoms. The SMILES string of the molecule is CN(CCCNC(=O)c1cc2n(n1)C[C@@H](Oc1cccnc1)C2)C1CCCCC1. The van der Waals surface area contributed by atoms with E-state index in [2.05, 4.69) is 27.3 Å². The molecule has 4 rings (SSSR count). The summed E-state index contributed by atoms with van der Waals surface area (Å²) in [6.45, 7) is 2.37. The first-order valence-corrected chi connectivity index (χ1v) is 10.8. The molecule has 29 heavy (non-hydrogen) atoms. The van der Waals surface area contributed by atoms with Gasteiger partial charge < -0.3 is 15.0 Å². The minimum absolute atomic E-state index is 0.0362. The molecule has 3 heterocycles. The van der Waals surface area contributed by atoms with Gasteiger partial charge in [0, 0.05) is 30.9 Å². The first-order chi connectivity index (χ1) is 14.2. The highest BCUT2D eigenvalue weighted by Gasteiger charge is 2.26. The van der Waals surface area contributed by atoms with Gasteiger partial charge in [0.2, 0.25) is 0 Å². The average Bonchev–Trinajstić information content (AvgIpc) is 3.31. The van der Waals surface area contributed by atoms with Gasteiger partial charge in [-0.05, 0) is 51.1 Å². The van der Waals surface area contributed by atoms with Crippen molar-refractivity contribution < 1.29 is 9.53 Å². The predicted octanol–water partition coefficient (Wildman–Crippen LogP) is 2.67. The van der Waals surface area contributed by atoms with E-state index in [0.29, 0.717) is 18.8 Å². The van der Waals surface area contributed by atoms with Crippen molar-refractivity contribution in [2.45, 2.75) is 63.6 Å². The maximum absolute atomic E-state index is 12.4. The summed E-state index contributed by atoms with van der Waals surface area (Å²) >= 11 is 0. The molecule has 1 aliphatic heterocycles. The van der Waals surface area contributed by atoms with Crippen LogP contribution in [-0.4, -0.2) is 57.9 Å². The molecule has 156 valence electrons. The summed E-state index contributed by atoms with van der Waals surface area (Å²) in [5, 5.41) is 7.48. The summed E-state index contributed by atoms with van der Waals surface area (Å²) in [5.41, 5.74) is 1.54. The maximum atomic E-state index is 12.4. The fraction of sp³-hybridized carbons (Fsp3) is 0.591. The summed E-state index contributed by atoms with van der Waals surface area (Å²) in [6, 6.07) is 6.37. The Morgan fingerprint density at radius 1 is 1.34 bits per heavy atom. The van der Waals surface area contributed by atoms with Crippen LogP contribution < -0.4 is 10.1 Å². The van der Waals surface area contributed by atoms with Gasteiger partial charge in [-0.25, -0.2) is 0 Å². The number of carbonyl (C=O) groups excluding carboxylic acids is 1. The Labute approximate surface area is 172 Å². The number of fused-ring (bicyclic) bond motifs is 1. The first-order valence-electron chi connectivity index (χ1n) is 10.8. The molecule has 1 fully saturated rings. The highest BCUT2D eigenvalue weighted by atomic mass is 16.5. The highest BCUT2D eigenvalue weighted by molar-refractivity contribution is 5.92. The van der Waals surface area contributed by atoms with Gasteiger partial charge in [0.25, 0.3) is 5.91 Å². The molecule has 2 aromatic rings. The molecule has 7 heteroatoms. The van der Waals surface area contributed by atoms with E-state index in [-0.39, 0.29) is 12.0 Å². The molecule has 0 bridgehead atoms. The standard InChI is InChI=1S/C22H31N5O2/c1-26(17-7-3-2-4-8-17)12-6-11-24-22(28)21-14-18-13-20(16-27(18)25-21)29-19-9-5-10-23-15-19/h5,9-10,14-15,17,20H,2-4,6-8,11-13,16H2,1H3,(H,24,28)/t20-/m0/s1. The Balaban J connectivity index is 1.19. The normalized spacial score (nSPS) is 19.3. The molecule has 7 nitrogen and oxygen atoms in total. The average molecular weight is 398 g/mol. The minimum Gasteiger partial charge on any atom is -0.486 e. The Hall–Kier alpha value is -2.41. The monoisotopic (exact) mass is 397 g/mol. The second kappa shape index (κ2) is 9.39. The lowest BCUT2D eigenvalue weighted by Gasteiger charge is -2.31. The van der Waals surface area contributed by atoms with Crippen LogP contribution >= 0.6 is 0 Å². The van der Waals surface area contributed by atoms with Gasteiger partial charge in [-0.1, -0.05) is 19.3 Å². The number of hydrogen-bond acceptors (Lipinski definition) is 5. The zero-order chi connectivity index (χ0) is 20.1. The lowest BCUT2D eigenvalue weighted by Crippen LogP contribution is -2.36. The summed E-state index contributed by atoms with van der Waals surface area (Å²) in [4.78, 5) is 19.0. The van der Waals surface area contributed by atoms with Crippen LogP contribution in [0, 0.1) is 0 Å². The predicted molar refractivity (Wildman–Crippen MR) is 111 cm³/mol. The molecule has 1 saturated carbocycles. The van der Waals surface area contributed by atoms with Crippen molar-refractivity contribution in [3.8, 4) is 5.75 Å². The third-order valence-electron chi connectivity index (χ3n) is 6.02. The summed E-state index contributed by atoms with van der Waals surface area (Å²) in [7, 11) is 2.21. The Bertz CT molecular complexity index is 777. The quantitative estimate of drug-likeness (QED) is 0.694. The van der Waals surface area contributed by atoms with Crippen LogP contribution in [0.3, 0.4) is 0 Å². The van der Waals surface area contributed by atoms with Crippen LogP contribution in [0.5, 0.6) is 5.75 Å². The number of amides is 1. The molecule has 0 saturated heterocycles. The second-order valence-corrected chi connectivity index (χ2v) is 8.22. The van der Waals surface area contributed by atoms with Gasteiger partial charge in [0.1, 0.15) is 17.5 Å². The maximum Gasteiger partial charge on any atom is 0.271 e. The van der Waals surface area contributed by atoms with Crippen LogP contribution in [0.15, 0.2) is 30.6 Å². The van der Waals surface area contributed by atoms with E-state index in [9.17, 15) is 4.79 Å². The van der Waals surface area contributed by atoms with Crippen molar-refractivity contribution in [2.24, 2.45) is 0 Å². The molecule has 1 atom stereocenters. The molecule has 2 aliphatic rings. The summed E-state index contributed by atoms with van der Waals surface area (Å²) < 4.78 is 7.82. The third kappa shape index (κ3) is 5.15. The van der Waals surface area contributed by atoms with Crippen LogP contribution in [0.4, 0.5) is 0 Å². The second-order valence-electron chi connectivity index (χ2n) is 8.22. The van der Waals surface area contributed by atoms with Gasteiger partial charge >= 0.3 is 0 Å². The van der Waals surface area contributed by atoms with Crippen molar-refractivity contribution in [3.05, 3.63) is 42.0 Å². The molecule has 0 radical (unpaired) electrons. The largest absolute Gasteiger partial charge is 0.486 e. The number of nitrogens with zero attached hydrogens (tertiary/aromatic N) is 4. The molecule has 1 N–H and O–H groups in total. The first kappa shape index (κ1) is 19.9. The Morgan fingerprint density at radius 3 is 2.97 bits per heavy atom. The fourth-order valence-corrected chi connectivity index (χ4v) is 4.39. The summed E-state index contributed by atoms with van der Waals surface area (Å²) in [5.74, 6) is 0.677. The van der Waals surface area contributed by atoms with E-state index >= 15 is 0 Å². The van der Waals surface area contributed by atoms with Crippen molar-refractivity contribution in [1.82, 2.24) is 25.0 Å². The van der Waals surface area contributed by atoms with Crippen molar-refractivity contribution in [1.29, 1.82) is 0 Å². The van der Waals surface area contributed by atoms with Crippen molar-refractivity contribution in [3.63, 3.8) is 0 Å². The number of rotatable bonds is 8.